The smallest absolute Gasteiger partial charge is 0.0738 e. The van der Waals surface area contributed by atoms with E-state index < -0.39 is 0 Å². The van der Waals surface area contributed by atoms with Gasteiger partial charge in [-0.25, -0.2) is 0 Å². The SMILES string of the molecule is Cc1nn(C)c(CC(CBr)(CBr)C2CCCC2)c1Br. The Balaban J connectivity index is 2.29. The maximum atomic E-state index is 4.53. The average molecular weight is 457 g/mol. The van der Waals surface area contributed by atoms with Gasteiger partial charge in [0.1, 0.15) is 0 Å². The molecule has 1 aromatic rings. The van der Waals surface area contributed by atoms with Crippen LogP contribution in [0.15, 0.2) is 4.47 Å². The normalized spacial score (nSPS) is 17.3. The molecule has 19 heavy (non-hydrogen) atoms. The maximum absolute atomic E-state index is 4.53. The zero-order valence-corrected chi connectivity index (χ0v) is 16.3. The summed E-state index contributed by atoms with van der Waals surface area (Å²) in [7, 11) is 2.05. The number of hydrogen-bond donors (Lipinski definition) is 0. The molecular weight excluding hydrogens is 436 g/mol. The zero-order chi connectivity index (χ0) is 14.0. The summed E-state index contributed by atoms with van der Waals surface area (Å²) in [6.07, 6.45) is 6.58. The third kappa shape index (κ3) is 3.13. The van der Waals surface area contributed by atoms with Crippen LogP contribution in [0.3, 0.4) is 0 Å². The van der Waals surface area contributed by atoms with Crippen molar-refractivity contribution in [2.75, 3.05) is 10.7 Å². The van der Waals surface area contributed by atoms with Crippen LogP contribution in [0.1, 0.15) is 37.1 Å². The monoisotopic (exact) mass is 454 g/mol. The minimum absolute atomic E-state index is 0.305. The molecule has 0 aromatic carbocycles. The van der Waals surface area contributed by atoms with Crippen molar-refractivity contribution in [3.05, 3.63) is 15.9 Å². The van der Waals surface area contributed by atoms with Crippen LogP contribution < -0.4 is 0 Å². The van der Waals surface area contributed by atoms with E-state index in [0.29, 0.717) is 5.41 Å². The number of nitrogens with zero attached hydrogens (tertiary/aromatic N) is 2. The van der Waals surface area contributed by atoms with Crippen LogP contribution >= 0.6 is 47.8 Å². The highest BCUT2D eigenvalue weighted by Crippen LogP contribution is 2.45. The Morgan fingerprint density at radius 1 is 1.26 bits per heavy atom. The summed E-state index contributed by atoms with van der Waals surface area (Å²) in [5, 5.41) is 6.63. The standard InChI is InChI=1S/C14H21Br3N2/c1-10-13(17)12(19(2)18-10)7-14(8-15,9-16)11-5-3-4-6-11/h11H,3-9H2,1-2H3. The summed E-state index contributed by atoms with van der Waals surface area (Å²) in [6.45, 7) is 2.06. The van der Waals surface area contributed by atoms with Gasteiger partial charge in [-0.05, 0) is 53.4 Å². The summed E-state index contributed by atoms with van der Waals surface area (Å²) in [4.78, 5) is 0. The molecule has 0 aliphatic heterocycles. The molecule has 0 spiro atoms. The third-order valence-corrected chi connectivity index (χ3v) is 7.80. The Hall–Kier alpha value is 0.650. The molecule has 1 saturated carbocycles. The highest BCUT2D eigenvalue weighted by atomic mass is 79.9. The van der Waals surface area contributed by atoms with Gasteiger partial charge in [0, 0.05) is 17.7 Å². The van der Waals surface area contributed by atoms with E-state index in [9.17, 15) is 0 Å². The number of aryl methyl sites for hydroxylation is 2. The molecule has 0 radical (unpaired) electrons. The van der Waals surface area contributed by atoms with Gasteiger partial charge in [0.05, 0.1) is 15.9 Å². The van der Waals surface area contributed by atoms with Crippen LogP contribution in [-0.4, -0.2) is 20.4 Å². The molecule has 0 bridgehead atoms. The lowest BCUT2D eigenvalue weighted by atomic mass is 9.74. The molecule has 0 atom stereocenters. The number of alkyl halides is 2. The molecule has 2 nitrogen and oxygen atoms in total. The van der Waals surface area contributed by atoms with Crippen molar-refractivity contribution in [1.82, 2.24) is 9.78 Å². The topological polar surface area (TPSA) is 17.8 Å². The molecule has 0 amide bonds. The van der Waals surface area contributed by atoms with Crippen molar-refractivity contribution < 1.29 is 0 Å². The van der Waals surface area contributed by atoms with E-state index in [1.165, 1.54) is 35.8 Å². The van der Waals surface area contributed by atoms with Gasteiger partial charge in [-0.1, -0.05) is 44.7 Å². The molecular formula is C14H21Br3N2. The molecule has 108 valence electrons. The second-order valence-electron chi connectivity index (χ2n) is 5.76. The fraction of sp³-hybridized carbons (Fsp3) is 0.786. The van der Waals surface area contributed by atoms with Gasteiger partial charge >= 0.3 is 0 Å². The molecule has 1 aliphatic carbocycles. The van der Waals surface area contributed by atoms with Crippen molar-refractivity contribution in [3.8, 4) is 0 Å². The quantitative estimate of drug-likeness (QED) is 0.570. The van der Waals surface area contributed by atoms with Crippen LogP contribution in [0.2, 0.25) is 0 Å². The minimum atomic E-state index is 0.305. The number of halogens is 3. The van der Waals surface area contributed by atoms with Crippen molar-refractivity contribution in [3.63, 3.8) is 0 Å². The van der Waals surface area contributed by atoms with Crippen molar-refractivity contribution in [1.29, 1.82) is 0 Å². The molecule has 0 saturated heterocycles. The third-order valence-electron chi connectivity index (χ3n) is 4.53. The van der Waals surface area contributed by atoms with Gasteiger partial charge in [-0.15, -0.1) is 0 Å². The second kappa shape index (κ2) is 6.61. The molecule has 2 rings (SSSR count). The van der Waals surface area contributed by atoms with Crippen LogP contribution in [0.25, 0.3) is 0 Å². The summed E-state index contributed by atoms with van der Waals surface area (Å²) < 4.78 is 3.22. The van der Waals surface area contributed by atoms with E-state index in [1.807, 2.05) is 4.68 Å². The predicted molar refractivity (Wildman–Crippen MR) is 91.3 cm³/mol. The van der Waals surface area contributed by atoms with Crippen LogP contribution in [0, 0.1) is 18.3 Å². The predicted octanol–water partition coefficient (Wildman–Crippen LogP) is 5.00. The fourth-order valence-corrected chi connectivity index (χ4v) is 5.95. The minimum Gasteiger partial charge on any atom is -0.271 e. The van der Waals surface area contributed by atoms with Crippen LogP contribution in [0.5, 0.6) is 0 Å². The molecule has 1 aliphatic rings. The molecule has 1 fully saturated rings. The first-order chi connectivity index (χ1) is 9.04. The van der Waals surface area contributed by atoms with E-state index in [1.54, 1.807) is 0 Å². The molecule has 0 N–H and O–H groups in total. The van der Waals surface area contributed by atoms with Crippen LogP contribution in [-0.2, 0) is 13.5 Å². The van der Waals surface area contributed by atoms with E-state index in [0.717, 1.165) is 28.7 Å². The maximum Gasteiger partial charge on any atom is 0.0738 e. The average Bonchev–Trinajstić information content (AvgIpc) is 3.00. The van der Waals surface area contributed by atoms with E-state index >= 15 is 0 Å². The summed E-state index contributed by atoms with van der Waals surface area (Å²) in [5.41, 5.74) is 2.71. The second-order valence-corrected chi connectivity index (χ2v) is 7.67. The van der Waals surface area contributed by atoms with Crippen molar-refractivity contribution in [2.24, 2.45) is 18.4 Å². The molecule has 0 unspecified atom stereocenters. The first-order valence-corrected chi connectivity index (χ1v) is 9.87. The molecule has 1 aromatic heterocycles. The summed E-state index contributed by atoms with van der Waals surface area (Å²) in [6, 6.07) is 0. The molecule has 1 heterocycles. The Morgan fingerprint density at radius 3 is 2.26 bits per heavy atom. The van der Waals surface area contributed by atoms with E-state index in [-0.39, 0.29) is 0 Å². The van der Waals surface area contributed by atoms with Gasteiger partial charge in [-0.3, -0.25) is 4.68 Å². The van der Waals surface area contributed by atoms with Gasteiger partial charge < -0.3 is 0 Å². The van der Waals surface area contributed by atoms with E-state index in [4.69, 9.17) is 0 Å². The van der Waals surface area contributed by atoms with Gasteiger partial charge in [-0.2, -0.15) is 5.10 Å². The number of hydrogen-bond acceptors (Lipinski definition) is 1. The number of aromatic nitrogens is 2. The summed E-state index contributed by atoms with van der Waals surface area (Å²) in [5.74, 6) is 0.813. The first kappa shape index (κ1) is 16.0. The Labute approximate surface area is 141 Å². The fourth-order valence-electron chi connectivity index (χ4n) is 3.24. The van der Waals surface area contributed by atoms with Gasteiger partial charge in [0.25, 0.3) is 0 Å². The highest BCUT2D eigenvalue weighted by molar-refractivity contribution is 9.10. The van der Waals surface area contributed by atoms with Gasteiger partial charge in [0.2, 0.25) is 0 Å². The van der Waals surface area contributed by atoms with Crippen molar-refractivity contribution >= 4 is 47.8 Å². The van der Waals surface area contributed by atoms with E-state index in [2.05, 4.69) is 66.9 Å². The van der Waals surface area contributed by atoms with Gasteiger partial charge in [0.15, 0.2) is 0 Å². The van der Waals surface area contributed by atoms with Crippen LogP contribution in [0.4, 0.5) is 0 Å². The lowest BCUT2D eigenvalue weighted by Crippen LogP contribution is -2.36. The highest BCUT2D eigenvalue weighted by Gasteiger charge is 2.39. The Bertz CT molecular complexity index is 432. The lowest BCUT2D eigenvalue weighted by Gasteiger charge is -2.36. The Kier molecular flexibility index (Phi) is 5.58. The number of rotatable bonds is 5. The first-order valence-electron chi connectivity index (χ1n) is 6.84. The largest absolute Gasteiger partial charge is 0.271 e. The zero-order valence-electron chi connectivity index (χ0n) is 11.6. The summed E-state index contributed by atoms with van der Waals surface area (Å²) >= 11 is 11.3. The van der Waals surface area contributed by atoms with Crippen molar-refractivity contribution in [2.45, 2.75) is 39.0 Å². The Morgan fingerprint density at radius 2 is 1.84 bits per heavy atom. The molecule has 5 heteroatoms. The lowest BCUT2D eigenvalue weighted by molar-refractivity contribution is 0.228.